The molecule has 0 unspecified atom stereocenters. The molecule has 1 N–H and O–H groups in total. The zero-order chi connectivity index (χ0) is 18.4. The van der Waals surface area contributed by atoms with Crippen molar-refractivity contribution in [1.82, 2.24) is 0 Å². The number of carbonyl (C=O) groups is 1. The monoisotopic (exact) mass is 348 g/mol. The topological polar surface area (TPSA) is 55.8 Å². The molecule has 0 radical (unpaired) electrons. The predicted molar refractivity (Wildman–Crippen MR) is 98.7 cm³/mol. The van der Waals surface area contributed by atoms with E-state index >= 15 is 0 Å². The number of esters is 1. The first kappa shape index (κ1) is 17.7. The maximum atomic E-state index is 12.9. The largest absolute Gasteiger partial charge is 0.497 e. The molecule has 0 aliphatic rings. The average Bonchev–Trinajstić information content (AvgIpc) is 2.73. The van der Waals surface area contributed by atoms with Gasteiger partial charge >= 0.3 is 5.97 Å². The number of aliphatic hydroxyl groups is 1. The Morgan fingerprint density at radius 3 is 1.81 bits per heavy atom. The summed E-state index contributed by atoms with van der Waals surface area (Å²) in [4.78, 5) is 12.9. The van der Waals surface area contributed by atoms with Crippen LogP contribution in [-0.2, 0) is 21.7 Å². The van der Waals surface area contributed by atoms with Crippen molar-refractivity contribution in [2.24, 2.45) is 0 Å². The molecule has 0 saturated carbocycles. The highest BCUT2D eigenvalue weighted by atomic mass is 16.5. The zero-order valence-electron chi connectivity index (χ0n) is 14.5. The van der Waals surface area contributed by atoms with Crippen LogP contribution in [0.2, 0.25) is 0 Å². The van der Waals surface area contributed by atoms with E-state index < -0.39 is 11.6 Å². The molecule has 4 heteroatoms. The van der Waals surface area contributed by atoms with Crippen molar-refractivity contribution in [2.45, 2.75) is 12.2 Å². The second kappa shape index (κ2) is 7.85. The summed E-state index contributed by atoms with van der Waals surface area (Å²) in [6.07, 6.45) is 0. The Morgan fingerprint density at radius 1 is 0.846 bits per heavy atom. The molecule has 0 aliphatic carbocycles. The molecule has 0 saturated heterocycles. The standard InChI is InChI=1S/C22H20O4/c1-25-20-14-12-17(13-15-20)16-26-21(23)22(24,18-8-4-2-5-9-18)19-10-6-3-7-11-19/h2-15,24H,16H2,1H3. The van der Waals surface area contributed by atoms with Gasteiger partial charge < -0.3 is 14.6 Å². The molecule has 26 heavy (non-hydrogen) atoms. The van der Waals surface area contributed by atoms with Crippen molar-refractivity contribution in [1.29, 1.82) is 0 Å². The molecule has 3 rings (SSSR count). The van der Waals surface area contributed by atoms with Crippen LogP contribution in [0.5, 0.6) is 5.75 Å². The highest BCUT2D eigenvalue weighted by Gasteiger charge is 2.41. The smallest absolute Gasteiger partial charge is 0.348 e. The van der Waals surface area contributed by atoms with E-state index in [1.165, 1.54) is 0 Å². The Labute approximate surface area is 152 Å². The number of ether oxygens (including phenoxy) is 2. The van der Waals surface area contributed by atoms with Gasteiger partial charge in [-0.05, 0) is 28.8 Å². The van der Waals surface area contributed by atoms with Gasteiger partial charge in [0.1, 0.15) is 12.4 Å². The van der Waals surface area contributed by atoms with E-state index in [2.05, 4.69) is 0 Å². The number of methoxy groups -OCH3 is 1. The highest BCUT2D eigenvalue weighted by Crippen LogP contribution is 2.31. The minimum atomic E-state index is -1.87. The summed E-state index contributed by atoms with van der Waals surface area (Å²) in [6, 6.07) is 24.8. The van der Waals surface area contributed by atoms with Gasteiger partial charge in [-0.3, -0.25) is 0 Å². The highest BCUT2D eigenvalue weighted by molar-refractivity contribution is 5.85. The van der Waals surface area contributed by atoms with E-state index in [1.54, 1.807) is 67.8 Å². The van der Waals surface area contributed by atoms with E-state index in [4.69, 9.17) is 9.47 Å². The molecule has 0 spiro atoms. The Morgan fingerprint density at radius 2 is 1.35 bits per heavy atom. The summed E-state index contributed by atoms with van der Waals surface area (Å²) in [6.45, 7) is 0.0603. The summed E-state index contributed by atoms with van der Waals surface area (Å²) in [5.41, 5.74) is -0.130. The van der Waals surface area contributed by atoms with Crippen molar-refractivity contribution in [2.75, 3.05) is 7.11 Å². The van der Waals surface area contributed by atoms with Crippen molar-refractivity contribution in [3.8, 4) is 5.75 Å². The van der Waals surface area contributed by atoms with E-state index in [0.29, 0.717) is 11.1 Å². The molecule has 3 aromatic rings. The predicted octanol–water partition coefficient (Wildman–Crippen LogP) is 3.67. The zero-order valence-corrected chi connectivity index (χ0v) is 14.5. The van der Waals surface area contributed by atoms with E-state index in [0.717, 1.165) is 11.3 Å². The molecule has 0 heterocycles. The van der Waals surface area contributed by atoms with Crippen LogP contribution in [0.25, 0.3) is 0 Å². The third-order valence-electron chi connectivity index (χ3n) is 4.21. The summed E-state index contributed by atoms with van der Waals surface area (Å²) in [7, 11) is 1.59. The fourth-order valence-corrected chi connectivity index (χ4v) is 2.74. The summed E-state index contributed by atoms with van der Waals surface area (Å²) < 4.78 is 10.6. The SMILES string of the molecule is COc1ccc(COC(=O)C(O)(c2ccccc2)c2ccccc2)cc1. The van der Waals surface area contributed by atoms with E-state index in [1.807, 2.05) is 24.3 Å². The van der Waals surface area contributed by atoms with E-state index in [-0.39, 0.29) is 6.61 Å². The molecule has 0 bridgehead atoms. The minimum Gasteiger partial charge on any atom is -0.497 e. The lowest BCUT2D eigenvalue weighted by Crippen LogP contribution is -2.38. The van der Waals surface area contributed by atoms with Gasteiger partial charge in [0.15, 0.2) is 0 Å². The van der Waals surface area contributed by atoms with Gasteiger partial charge in [-0.15, -0.1) is 0 Å². The Balaban J connectivity index is 1.86. The lowest BCUT2D eigenvalue weighted by molar-refractivity contribution is -0.163. The molecular weight excluding hydrogens is 328 g/mol. The molecule has 4 nitrogen and oxygen atoms in total. The maximum absolute atomic E-state index is 12.9. The number of rotatable bonds is 6. The fourth-order valence-electron chi connectivity index (χ4n) is 2.74. The first-order chi connectivity index (χ1) is 12.6. The van der Waals surface area contributed by atoms with Gasteiger partial charge in [0.25, 0.3) is 0 Å². The number of hydrogen-bond donors (Lipinski definition) is 1. The number of hydrogen-bond acceptors (Lipinski definition) is 4. The number of benzene rings is 3. The third-order valence-corrected chi connectivity index (χ3v) is 4.21. The van der Waals surface area contributed by atoms with Crippen LogP contribution in [-0.4, -0.2) is 18.2 Å². The van der Waals surface area contributed by atoms with E-state index in [9.17, 15) is 9.90 Å². The Kier molecular flexibility index (Phi) is 5.34. The van der Waals surface area contributed by atoms with Gasteiger partial charge in [0.05, 0.1) is 7.11 Å². The first-order valence-corrected chi connectivity index (χ1v) is 8.28. The molecular formula is C22H20O4. The normalized spacial score (nSPS) is 11.0. The van der Waals surface area contributed by atoms with Crippen LogP contribution in [0, 0.1) is 0 Å². The quantitative estimate of drug-likeness (QED) is 0.691. The van der Waals surface area contributed by atoms with Crippen LogP contribution < -0.4 is 4.74 Å². The first-order valence-electron chi connectivity index (χ1n) is 8.28. The second-order valence-electron chi connectivity index (χ2n) is 5.87. The second-order valence-corrected chi connectivity index (χ2v) is 5.87. The van der Waals surface area contributed by atoms with Gasteiger partial charge in [0, 0.05) is 0 Å². The minimum absolute atomic E-state index is 0.0603. The molecule has 0 fully saturated rings. The van der Waals surface area contributed by atoms with Gasteiger partial charge in [-0.2, -0.15) is 0 Å². The van der Waals surface area contributed by atoms with Crippen molar-refractivity contribution in [3.05, 3.63) is 102 Å². The third kappa shape index (κ3) is 3.60. The summed E-state index contributed by atoms with van der Waals surface area (Å²) >= 11 is 0. The summed E-state index contributed by atoms with van der Waals surface area (Å²) in [5, 5.41) is 11.3. The summed E-state index contributed by atoms with van der Waals surface area (Å²) in [5.74, 6) is 0.0101. The molecule has 0 amide bonds. The fraction of sp³-hybridized carbons (Fsp3) is 0.136. The van der Waals surface area contributed by atoms with Crippen LogP contribution in [0.1, 0.15) is 16.7 Å². The van der Waals surface area contributed by atoms with Gasteiger partial charge in [-0.1, -0.05) is 72.8 Å². The lowest BCUT2D eigenvalue weighted by Gasteiger charge is -2.27. The van der Waals surface area contributed by atoms with Crippen LogP contribution >= 0.6 is 0 Å². The van der Waals surface area contributed by atoms with Crippen molar-refractivity contribution >= 4 is 5.97 Å². The maximum Gasteiger partial charge on any atom is 0.348 e. The van der Waals surface area contributed by atoms with Crippen LogP contribution in [0.15, 0.2) is 84.9 Å². The number of carbonyl (C=O) groups excluding carboxylic acids is 1. The Bertz CT molecular complexity index is 803. The molecule has 132 valence electrons. The average molecular weight is 348 g/mol. The molecule has 0 aliphatic heterocycles. The van der Waals surface area contributed by atoms with Crippen molar-refractivity contribution < 1.29 is 19.4 Å². The van der Waals surface area contributed by atoms with Crippen LogP contribution in [0.3, 0.4) is 0 Å². The van der Waals surface area contributed by atoms with Crippen LogP contribution in [0.4, 0.5) is 0 Å². The van der Waals surface area contributed by atoms with Crippen molar-refractivity contribution in [3.63, 3.8) is 0 Å². The molecule has 3 aromatic carbocycles. The molecule has 0 aromatic heterocycles. The van der Waals surface area contributed by atoms with Gasteiger partial charge in [-0.25, -0.2) is 4.79 Å². The molecule has 0 atom stereocenters. The lowest BCUT2D eigenvalue weighted by atomic mass is 9.86. The van der Waals surface area contributed by atoms with Gasteiger partial charge in [0.2, 0.25) is 5.60 Å². The Hall–Kier alpha value is -3.11.